The van der Waals surface area contributed by atoms with Crippen molar-refractivity contribution in [3.63, 3.8) is 0 Å². The van der Waals surface area contributed by atoms with Crippen molar-refractivity contribution in [3.8, 4) is 0 Å². The predicted octanol–water partition coefficient (Wildman–Crippen LogP) is 9.48. The first kappa shape index (κ1) is 31.2. The molecule has 0 saturated carbocycles. The minimum absolute atomic E-state index is 0. The van der Waals surface area contributed by atoms with Gasteiger partial charge in [-0.25, -0.2) is 6.07 Å². The summed E-state index contributed by atoms with van der Waals surface area (Å²) in [6.07, 6.45) is 17.8. The molecule has 0 aliphatic carbocycles. The maximum atomic E-state index is 2.52. The second-order valence-corrected chi connectivity index (χ2v) is 9.26. The van der Waals surface area contributed by atoms with Gasteiger partial charge in [0.15, 0.2) is 0 Å². The molecule has 0 bridgehead atoms. The zero-order valence-electron chi connectivity index (χ0n) is 22.5. The molecule has 0 N–H and O–H groups in total. The molecule has 0 aliphatic heterocycles. The van der Waals surface area contributed by atoms with Gasteiger partial charge < -0.3 is 0 Å². The summed E-state index contributed by atoms with van der Waals surface area (Å²) >= 11 is 0. The van der Waals surface area contributed by atoms with Crippen LogP contribution >= 0.6 is 0 Å². The minimum Gasteiger partial charge on any atom is -0.210 e. The SMILES string of the molecule is CCCc1c[c-](CCC)c(CCC)c1CCC.CCCc1cc[c-](CCC)c1CCC.[Fe+2]. The van der Waals surface area contributed by atoms with E-state index in [1.165, 1.54) is 89.9 Å². The fourth-order valence-corrected chi connectivity index (χ4v) is 5.07. The Labute approximate surface area is 212 Å². The topological polar surface area (TPSA) is 0 Å². The molecule has 0 heterocycles. The smallest absolute Gasteiger partial charge is 0.210 e. The zero-order chi connectivity index (χ0) is 23.1. The molecule has 1 heteroatoms. The molecule has 0 fully saturated rings. The second kappa shape index (κ2) is 18.6. The van der Waals surface area contributed by atoms with Gasteiger partial charge in [-0.1, -0.05) is 138 Å². The largest absolute Gasteiger partial charge is 2.00 e. The van der Waals surface area contributed by atoms with Crippen LogP contribution in [0.25, 0.3) is 0 Å². The van der Waals surface area contributed by atoms with Crippen LogP contribution in [0, 0.1) is 0 Å². The van der Waals surface area contributed by atoms with Crippen molar-refractivity contribution in [1.29, 1.82) is 0 Å². The van der Waals surface area contributed by atoms with E-state index in [9.17, 15) is 0 Å². The van der Waals surface area contributed by atoms with Crippen LogP contribution in [0.5, 0.6) is 0 Å². The van der Waals surface area contributed by atoms with Gasteiger partial charge in [0.05, 0.1) is 0 Å². The molecule has 2 aromatic carbocycles. The summed E-state index contributed by atoms with van der Waals surface area (Å²) in [5.41, 5.74) is 11.6. The molecule has 2 rings (SSSR count). The maximum absolute atomic E-state index is 2.52. The maximum Gasteiger partial charge on any atom is 2.00 e. The summed E-state index contributed by atoms with van der Waals surface area (Å²) in [4.78, 5) is 0. The van der Waals surface area contributed by atoms with Crippen LogP contribution in [-0.2, 0) is 62.0 Å². The van der Waals surface area contributed by atoms with Gasteiger partial charge in [0.2, 0.25) is 0 Å². The van der Waals surface area contributed by atoms with Crippen LogP contribution in [0.3, 0.4) is 0 Å². The van der Waals surface area contributed by atoms with Crippen molar-refractivity contribution in [1.82, 2.24) is 0 Å². The molecular weight excluding hydrogens is 428 g/mol. The zero-order valence-corrected chi connectivity index (χ0v) is 23.6. The van der Waals surface area contributed by atoms with Crippen molar-refractivity contribution in [2.24, 2.45) is 0 Å². The van der Waals surface area contributed by atoms with E-state index in [0.29, 0.717) is 0 Å². The summed E-state index contributed by atoms with van der Waals surface area (Å²) < 4.78 is 0. The number of rotatable bonds is 14. The Hall–Kier alpha value is -0.781. The van der Waals surface area contributed by atoms with Gasteiger partial charge in [-0.05, 0) is 0 Å². The van der Waals surface area contributed by atoms with Gasteiger partial charge in [0.25, 0.3) is 0 Å². The van der Waals surface area contributed by atoms with Crippen LogP contribution in [0.15, 0.2) is 18.2 Å². The van der Waals surface area contributed by atoms with Crippen molar-refractivity contribution < 1.29 is 17.1 Å². The molecule has 0 amide bonds. The van der Waals surface area contributed by atoms with Gasteiger partial charge in [-0.15, -0.1) is 0 Å². The van der Waals surface area contributed by atoms with Crippen LogP contribution < -0.4 is 0 Å². The molecule has 0 radical (unpaired) electrons. The first-order valence-corrected chi connectivity index (χ1v) is 13.7. The summed E-state index contributed by atoms with van der Waals surface area (Å²) in [6, 6.07) is 7.21. The molecule has 0 unspecified atom stereocenters. The average Bonchev–Trinajstić information content (AvgIpc) is 3.27. The van der Waals surface area contributed by atoms with Crippen molar-refractivity contribution in [3.05, 3.63) is 57.1 Å². The van der Waals surface area contributed by atoms with Crippen molar-refractivity contribution in [2.45, 2.75) is 138 Å². The molecule has 0 atom stereocenters. The van der Waals surface area contributed by atoms with Crippen LogP contribution in [0.1, 0.15) is 132 Å². The summed E-state index contributed by atoms with van der Waals surface area (Å²) in [5.74, 6) is 0. The molecule has 184 valence electrons. The summed E-state index contributed by atoms with van der Waals surface area (Å²) in [7, 11) is 0. The average molecular weight is 481 g/mol. The number of hydrogen-bond acceptors (Lipinski definition) is 0. The van der Waals surface area contributed by atoms with Crippen molar-refractivity contribution >= 4 is 0 Å². The fraction of sp³-hybridized carbons (Fsp3) is 0.677. The molecule has 0 saturated heterocycles. The number of hydrogen-bond donors (Lipinski definition) is 0. The Bertz CT molecular complexity index is 646. The van der Waals surface area contributed by atoms with Crippen LogP contribution in [0.4, 0.5) is 0 Å². The second-order valence-electron chi connectivity index (χ2n) is 9.26. The third-order valence-corrected chi connectivity index (χ3v) is 6.33. The van der Waals surface area contributed by atoms with E-state index >= 15 is 0 Å². The molecular formula is C31H52Fe. The third-order valence-electron chi connectivity index (χ3n) is 6.33. The molecule has 32 heavy (non-hydrogen) atoms. The minimum atomic E-state index is 0. The molecule has 0 nitrogen and oxygen atoms in total. The van der Waals surface area contributed by atoms with E-state index in [0.717, 1.165) is 0 Å². The molecule has 0 spiro atoms. The van der Waals surface area contributed by atoms with Crippen LogP contribution in [0.2, 0.25) is 0 Å². The molecule has 0 aromatic heterocycles. The van der Waals surface area contributed by atoms with Gasteiger partial charge in [-0.3, -0.25) is 0 Å². The van der Waals surface area contributed by atoms with E-state index in [2.05, 4.69) is 66.7 Å². The molecule has 0 aliphatic rings. The fourth-order valence-electron chi connectivity index (χ4n) is 5.07. The predicted molar refractivity (Wildman–Crippen MR) is 142 cm³/mol. The Morgan fingerprint density at radius 1 is 0.531 bits per heavy atom. The Morgan fingerprint density at radius 2 is 1.03 bits per heavy atom. The van der Waals surface area contributed by atoms with Crippen LogP contribution in [-0.4, -0.2) is 0 Å². The van der Waals surface area contributed by atoms with Gasteiger partial charge in [0.1, 0.15) is 0 Å². The van der Waals surface area contributed by atoms with Gasteiger partial charge in [-0.2, -0.15) is 51.1 Å². The van der Waals surface area contributed by atoms with E-state index < -0.39 is 0 Å². The quantitative estimate of drug-likeness (QED) is 0.187. The van der Waals surface area contributed by atoms with E-state index in [-0.39, 0.29) is 17.1 Å². The number of aryl methyl sites for hydroxylation is 4. The first-order chi connectivity index (χ1) is 15.1. The normalized spacial score (nSPS) is 10.6. The molecule has 2 aromatic rings. The Morgan fingerprint density at radius 3 is 1.56 bits per heavy atom. The monoisotopic (exact) mass is 480 g/mol. The van der Waals surface area contributed by atoms with E-state index in [4.69, 9.17) is 0 Å². The van der Waals surface area contributed by atoms with E-state index in [1.807, 2.05) is 0 Å². The standard InChI is InChI=1S/C17H29.C14H23.Fe/c1-5-9-14-13-15(10-6-2)17(12-8-4)16(14)11-7-3;1-4-7-12-10-11-13(8-5-2)14(12)9-6-3;/h13H,5-12H2,1-4H3;10-11H,4-9H2,1-3H3;/q2*-1;+2. The van der Waals surface area contributed by atoms with Gasteiger partial charge in [0, 0.05) is 0 Å². The van der Waals surface area contributed by atoms with E-state index in [1.54, 1.807) is 38.9 Å². The third kappa shape index (κ3) is 9.60. The first-order valence-electron chi connectivity index (χ1n) is 13.7. The Kier molecular flexibility index (Phi) is 18.2. The van der Waals surface area contributed by atoms with Crippen molar-refractivity contribution in [2.75, 3.05) is 0 Å². The summed E-state index contributed by atoms with van der Waals surface area (Å²) in [5, 5.41) is 0. The summed E-state index contributed by atoms with van der Waals surface area (Å²) in [6.45, 7) is 16.0. The Balaban J connectivity index is 0.000000592. The van der Waals surface area contributed by atoms with Gasteiger partial charge >= 0.3 is 17.1 Å².